The highest BCUT2D eigenvalue weighted by Crippen LogP contribution is 2.29. The molecule has 4 heteroatoms. The largest absolute Gasteiger partial charge is 0.495 e. The number of carbonyl (C=O) groups is 1. The van der Waals surface area contributed by atoms with Crippen LogP contribution >= 0.6 is 11.6 Å². The van der Waals surface area contributed by atoms with Gasteiger partial charge in [-0.3, -0.25) is 4.79 Å². The molecule has 104 valence electrons. The van der Waals surface area contributed by atoms with E-state index in [-0.39, 0.29) is 12.4 Å². The van der Waals surface area contributed by atoms with Gasteiger partial charge < -0.3 is 9.47 Å². The summed E-state index contributed by atoms with van der Waals surface area (Å²) in [6.07, 6.45) is 5.03. The number of Topliss-reactive ketones (excluding diaryl/α,β-unsaturated/α-hetero) is 1. The molecule has 0 aliphatic heterocycles. The first-order chi connectivity index (χ1) is 9.20. The summed E-state index contributed by atoms with van der Waals surface area (Å²) in [5, 5.41) is 0.447. The Morgan fingerprint density at radius 1 is 1.42 bits per heavy atom. The lowest BCUT2D eigenvalue weighted by atomic mass is 9.83. The van der Waals surface area contributed by atoms with E-state index in [0.29, 0.717) is 22.9 Å². The summed E-state index contributed by atoms with van der Waals surface area (Å²) in [6.45, 7) is 0.787. The first-order valence-electron chi connectivity index (χ1n) is 6.65. The number of ether oxygens (including phenoxy) is 2. The predicted octanol–water partition coefficient (Wildman–Crippen LogP) is 3.74. The summed E-state index contributed by atoms with van der Waals surface area (Å²) >= 11 is 5.98. The van der Waals surface area contributed by atoms with E-state index in [1.165, 1.54) is 19.3 Å². The Kier molecular flexibility index (Phi) is 5.23. The predicted molar refractivity (Wildman–Crippen MR) is 75.1 cm³/mol. The summed E-state index contributed by atoms with van der Waals surface area (Å²) in [4.78, 5) is 11.9. The van der Waals surface area contributed by atoms with Crippen LogP contribution in [0.1, 0.15) is 36.0 Å². The molecule has 0 heterocycles. The van der Waals surface area contributed by atoms with E-state index in [4.69, 9.17) is 21.1 Å². The Bertz CT molecular complexity index is 441. The van der Waals surface area contributed by atoms with Crippen LogP contribution in [0.4, 0.5) is 0 Å². The number of halogens is 1. The van der Waals surface area contributed by atoms with Crippen molar-refractivity contribution >= 4 is 17.4 Å². The van der Waals surface area contributed by atoms with Gasteiger partial charge in [-0.15, -0.1) is 0 Å². The highest BCUT2D eigenvalue weighted by Gasteiger charge is 2.17. The molecule has 2 rings (SSSR count). The fourth-order valence-corrected chi connectivity index (χ4v) is 2.38. The fraction of sp³-hybridized carbons (Fsp3) is 0.533. The smallest absolute Gasteiger partial charge is 0.188 e. The summed E-state index contributed by atoms with van der Waals surface area (Å²) < 4.78 is 10.5. The van der Waals surface area contributed by atoms with Gasteiger partial charge in [0, 0.05) is 12.2 Å². The standard InChI is InChI=1S/C15H19ClO3/c1-18-15-6-5-12(9-13(15)16)14(17)10-19-8-7-11-3-2-4-11/h5-6,9,11H,2-4,7-8,10H2,1H3. The average molecular weight is 283 g/mol. The quantitative estimate of drug-likeness (QED) is 0.564. The SMILES string of the molecule is COc1ccc(C(=O)COCCC2CCC2)cc1Cl. The van der Waals surface area contributed by atoms with Gasteiger partial charge in [-0.05, 0) is 30.5 Å². The van der Waals surface area contributed by atoms with Gasteiger partial charge in [0.1, 0.15) is 12.4 Å². The van der Waals surface area contributed by atoms with Gasteiger partial charge in [0.2, 0.25) is 0 Å². The number of methoxy groups -OCH3 is 1. The number of ketones is 1. The molecule has 1 aromatic rings. The van der Waals surface area contributed by atoms with Crippen molar-refractivity contribution in [2.75, 3.05) is 20.3 Å². The summed E-state index contributed by atoms with van der Waals surface area (Å²) in [5.41, 5.74) is 0.564. The maximum absolute atomic E-state index is 11.9. The first-order valence-corrected chi connectivity index (χ1v) is 7.03. The van der Waals surface area contributed by atoms with Crippen molar-refractivity contribution in [2.45, 2.75) is 25.7 Å². The van der Waals surface area contributed by atoms with Gasteiger partial charge >= 0.3 is 0 Å². The molecular weight excluding hydrogens is 264 g/mol. The Balaban J connectivity index is 1.77. The van der Waals surface area contributed by atoms with E-state index in [9.17, 15) is 4.79 Å². The third-order valence-corrected chi connectivity index (χ3v) is 3.90. The molecule has 0 unspecified atom stereocenters. The molecule has 1 aromatic carbocycles. The molecule has 1 aliphatic carbocycles. The summed E-state index contributed by atoms with van der Waals surface area (Å²) in [7, 11) is 1.55. The molecule has 0 aromatic heterocycles. The van der Waals surface area contributed by atoms with Crippen LogP contribution in [-0.4, -0.2) is 26.1 Å². The minimum absolute atomic E-state index is 0.0434. The van der Waals surface area contributed by atoms with Gasteiger partial charge in [0.15, 0.2) is 5.78 Å². The summed E-state index contributed by atoms with van der Waals surface area (Å²) in [6, 6.07) is 5.03. The van der Waals surface area contributed by atoms with Crippen LogP contribution < -0.4 is 4.74 Å². The molecular formula is C15H19ClO3. The number of carbonyl (C=O) groups excluding carboxylic acids is 1. The van der Waals surface area contributed by atoms with Crippen LogP contribution in [0.2, 0.25) is 5.02 Å². The lowest BCUT2D eigenvalue weighted by Gasteiger charge is -2.24. The second kappa shape index (κ2) is 6.92. The Morgan fingerprint density at radius 3 is 2.79 bits per heavy atom. The van der Waals surface area contributed by atoms with Gasteiger partial charge in [-0.25, -0.2) is 0 Å². The minimum atomic E-state index is -0.0434. The van der Waals surface area contributed by atoms with E-state index in [1.54, 1.807) is 25.3 Å². The van der Waals surface area contributed by atoms with Crippen LogP contribution in [0.25, 0.3) is 0 Å². The van der Waals surface area contributed by atoms with Crippen LogP contribution in [0.15, 0.2) is 18.2 Å². The molecule has 0 N–H and O–H groups in total. The van der Waals surface area contributed by atoms with E-state index >= 15 is 0 Å². The molecule has 0 radical (unpaired) electrons. The average Bonchev–Trinajstić information content (AvgIpc) is 2.36. The molecule has 0 spiro atoms. The van der Waals surface area contributed by atoms with Crippen molar-refractivity contribution < 1.29 is 14.3 Å². The van der Waals surface area contributed by atoms with E-state index < -0.39 is 0 Å². The van der Waals surface area contributed by atoms with Crippen LogP contribution in [0, 0.1) is 5.92 Å². The van der Waals surface area contributed by atoms with Crippen LogP contribution in [0.3, 0.4) is 0 Å². The third kappa shape index (κ3) is 3.95. The number of rotatable bonds is 7. The van der Waals surface area contributed by atoms with Crippen molar-refractivity contribution in [1.29, 1.82) is 0 Å². The maximum Gasteiger partial charge on any atom is 0.188 e. The zero-order chi connectivity index (χ0) is 13.7. The van der Waals surface area contributed by atoms with Crippen molar-refractivity contribution in [1.82, 2.24) is 0 Å². The van der Waals surface area contributed by atoms with Gasteiger partial charge in [0.25, 0.3) is 0 Å². The molecule has 19 heavy (non-hydrogen) atoms. The van der Waals surface area contributed by atoms with Crippen LogP contribution in [0.5, 0.6) is 5.75 Å². The zero-order valence-corrected chi connectivity index (χ0v) is 11.9. The number of hydrogen-bond acceptors (Lipinski definition) is 3. The Labute approximate surface area is 118 Å². The number of hydrogen-bond donors (Lipinski definition) is 0. The monoisotopic (exact) mass is 282 g/mol. The molecule has 3 nitrogen and oxygen atoms in total. The molecule has 0 saturated heterocycles. The minimum Gasteiger partial charge on any atom is -0.495 e. The second-order valence-corrected chi connectivity index (χ2v) is 5.32. The second-order valence-electron chi connectivity index (χ2n) is 4.91. The van der Waals surface area contributed by atoms with Gasteiger partial charge in [0.05, 0.1) is 12.1 Å². The number of benzene rings is 1. The fourth-order valence-electron chi connectivity index (χ4n) is 2.12. The van der Waals surface area contributed by atoms with E-state index in [2.05, 4.69) is 0 Å². The topological polar surface area (TPSA) is 35.5 Å². The van der Waals surface area contributed by atoms with E-state index in [0.717, 1.165) is 12.3 Å². The van der Waals surface area contributed by atoms with Crippen molar-refractivity contribution in [3.8, 4) is 5.75 Å². The Morgan fingerprint density at radius 2 is 2.21 bits per heavy atom. The highest BCUT2D eigenvalue weighted by molar-refractivity contribution is 6.32. The van der Waals surface area contributed by atoms with Crippen molar-refractivity contribution in [3.63, 3.8) is 0 Å². The Hall–Kier alpha value is -1.06. The van der Waals surface area contributed by atoms with E-state index in [1.807, 2.05) is 0 Å². The molecule has 0 bridgehead atoms. The molecule has 1 saturated carbocycles. The van der Waals surface area contributed by atoms with Crippen molar-refractivity contribution in [3.05, 3.63) is 28.8 Å². The molecule has 0 atom stereocenters. The molecule has 1 fully saturated rings. The maximum atomic E-state index is 11.9. The van der Waals surface area contributed by atoms with Crippen molar-refractivity contribution in [2.24, 2.45) is 5.92 Å². The lowest BCUT2D eigenvalue weighted by molar-refractivity contribution is 0.0705. The molecule has 0 amide bonds. The highest BCUT2D eigenvalue weighted by atomic mass is 35.5. The van der Waals surface area contributed by atoms with Gasteiger partial charge in [-0.2, -0.15) is 0 Å². The third-order valence-electron chi connectivity index (χ3n) is 3.60. The van der Waals surface area contributed by atoms with Gasteiger partial charge in [-0.1, -0.05) is 30.9 Å². The lowest BCUT2D eigenvalue weighted by Crippen LogP contribution is -2.16. The molecule has 1 aliphatic rings. The zero-order valence-electron chi connectivity index (χ0n) is 11.2. The van der Waals surface area contributed by atoms with Crippen LogP contribution in [-0.2, 0) is 4.74 Å². The normalized spacial score (nSPS) is 15.1. The first kappa shape index (κ1) is 14.4. The summed E-state index contributed by atoms with van der Waals surface area (Å²) in [5.74, 6) is 1.34.